The second kappa shape index (κ2) is 7.74. The topological polar surface area (TPSA) is 72.7 Å². The number of phenolic OH excluding ortho intramolecular Hbond substituents is 1. The van der Waals surface area contributed by atoms with E-state index < -0.39 is 0 Å². The van der Waals surface area contributed by atoms with Gasteiger partial charge in [0, 0.05) is 67.1 Å². The predicted molar refractivity (Wildman–Crippen MR) is 112 cm³/mol. The normalized spacial score (nSPS) is 26.6. The zero-order chi connectivity index (χ0) is 20.0. The summed E-state index contributed by atoms with van der Waals surface area (Å²) in [6, 6.07) is 5.98. The molecule has 5 rings (SSSR count). The van der Waals surface area contributed by atoms with E-state index in [0.717, 1.165) is 56.7 Å². The summed E-state index contributed by atoms with van der Waals surface area (Å²) in [5, 5.41) is 20.4. The third-order valence-electron chi connectivity index (χ3n) is 6.77. The van der Waals surface area contributed by atoms with Crippen molar-refractivity contribution in [3.8, 4) is 5.75 Å². The maximum absolute atomic E-state index is 10.2. The minimum absolute atomic E-state index is 0.233. The highest BCUT2D eigenvalue weighted by molar-refractivity contribution is 6.30. The van der Waals surface area contributed by atoms with E-state index in [9.17, 15) is 10.2 Å². The van der Waals surface area contributed by atoms with E-state index in [1.807, 2.05) is 12.3 Å². The Hall–Kier alpha value is -1.89. The Morgan fingerprint density at radius 1 is 1.21 bits per heavy atom. The molecule has 0 saturated carbocycles. The Balaban J connectivity index is 1.38. The lowest BCUT2D eigenvalue weighted by Gasteiger charge is -2.37. The van der Waals surface area contributed by atoms with Crippen molar-refractivity contribution in [2.45, 2.75) is 50.7 Å². The van der Waals surface area contributed by atoms with Gasteiger partial charge in [0.1, 0.15) is 5.75 Å². The van der Waals surface area contributed by atoms with Crippen LogP contribution < -0.4 is 4.90 Å². The number of anilines is 1. The quantitative estimate of drug-likeness (QED) is 0.799. The van der Waals surface area contributed by atoms with Gasteiger partial charge in [0.25, 0.3) is 0 Å². The third-order valence-corrected chi connectivity index (χ3v) is 7.01. The van der Waals surface area contributed by atoms with Crippen LogP contribution in [0.25, 0.3) is 0 Å². The molecular weight excluding hydrogens is 388 g/mol. The molecule has 1 aromatic heterocycles. The monoisotopic (exact) mass is 414 g/mol. The number of piperidine rings is 1. The molecular formula is C22H27ClN4O2. The first-order valence-corrected chi connectivity index (χ1v) is 10.9. The summed E-state index contributed by atoms with van der Waals surface area (Å²) in [5.41, 5.74) is 3.26. The van der Waals surface area contributed by atoms with E-state index in [2.05, 4.69) is 9.80 Å². The summed E-state index contributed by atoms with van der Waals surface area (Å²) >= 11 is 6.15. The first kappa shape index (κ1) is 19.1. The molecule has 7 heteroatoms. The molecule has 2 fully saturated rings. The van der Waals surface area contributed by atoms with Crippen molar-refractivity contribution in [3.63, 3.8) is 0 Å². The van der Waals surface area contributed by atoms with Crippen LogP contribution in [0.1, 0.15) is 48.5 Å². The van der Waals surface area contributed by atoms with E-state index in [0.29, 0.717) is 35.3 Å². The average Bonchev–Trinajstić information content (AvgIpc) is 3.02. The van der Waals surface area contributed by atoms with Gasteiger partial charge in [0.2, 0.25) is 5.95 Å². The van der Waals surface area contributed by atoms with Crippen molar-refractivity contribution in [2.24, 2.45) is 5.92 Å². The molecule has 0 spiro atoms. The Morgan fingerprint density at radius 3 is 2.97 bits per heavy atom. The molecule has 4 heterocycles. The Kier molecular flexibility index (Phi) is 5.10. The van der Waals surface area contributed by atoms with E-state index in [4.69, 9.17) is 21.6 Å². The van der Waals surface area contributed by atoms with Gasteiger partial charge in [-0.3, -0.25) is 4.90 Å². The van der Waals surface area contributed by atoms with Crippen LogP contribution in [0.4, 0.5) is 5.95 Å². The highest BCUT2D eigenvalue weighted by Crippen LogP contribution is 2.44. The lowest BCUT2D eigenvalue weighted by molar-refractivity contribution is 0.164. The van der Waals surface area contributed by atoms with Gasteiger partial charge >= 0.3 is 0 Å². The van der Waals surface area contributed by atoms with E-state index in [1.54, 1.807) is 12.1 Å². The second-order valence-electron chi connectivity index (χ2n) is 8.61. The fraction of sp³-hybridized carbons (Fsp3) is 0.545. The summed E-state index contributed by atoms with van der Waals surface area (Å²) in [4.78, 5) is 14.4. The molecule has 6 nitrogen and oxygen atoms in total. The van der Waals surface area contributed by atoms with Crippen LogP contribution in [-0.4, -0.2) is 50.8 Å². The smallest absolute Gasteiger partial charge is 0.225 e. The van der Waals surface area contributed by atoms with Gasteiger partial charge in [-0.2, -0.15) is 0 Å². The minimum Gasteiger partial charge on any atom is -0.508 e. The molecule has 2 bridgehead atoms. The molecule has 3 aliphatic rings. The zero-order valence-electron chi connectivity index (χ0n) is 16.5. The average molecular weight is 415 g/mol. The molecule has 3 atom stereocenters. The number of aromatic nitrogens is 2. The largest absolute Gasteiger partial charge is 0.508 e. The van der Waals surface area contributed by atoms with Gasteiger partial charge in [-0.15, -0.1) is 0 Å². The van der Waals surface area contributed by atoms with Gasteiger partial charge < -0.3 is 15.1 Å². The lowest BCUT2D eigenvalue weighted by Crippen LogP contribution is -2.40. The van der Waals surface area contributed by atoms with Crippen molar-refractivity contribution < 1.29 is 10.2 Å². The number of aliphatic hydroxyl groups excluding tert-OH is 1. The maximum atomic E-state index is 10.2. The molecule has 29 heavy (non-hydrogen) atoms. The fourth-order valence-corrected chi connectivity index (χ4v) is 5.43. The van der Waals surface area contributed by atoms with Crippen molar-refractivity contribution in [1.82, 2.24) is 14.9 Å². The van der Waals surface area contributed by atoms with Crippen molar-refractivity contribution in [3.05, 3.63) is 46.2 Å². The van der Waals surface area contributed by atoms with Crippen LogP contribution in [0.3, 0.4) is 0 Å². The number of hydrogen-bond acceptors (Lipinski definition) is 6. The molecule has 2 saturated heterocycles. The molecule has 0 amide bonds. The number of aliphatic hydroxyl groups is 1. The number of hydrogen-bond donors (Lipinski definition) is 2. The van der Waals surface area contributed by atoms with Crippen LogP contribution in [-0.2, 0) is 13.0 Å². The van der Waals surface area contributed by atoms with Gasteiger partial charge in [-0.1, -0.05) is 11.6 Å². The van der Waals surface area contributed by atoms with Gasteiger partial charge in [0.05, 0.1) is 5.69 Å². The van der Waals surface area contributed by atoms with E-state index >= 15 is 0 Å². The predicted octanol–water partition coefficient (Wildman–Crippen LogP) is 3.31. The molecule has 2 aromatic rings. The number of rotatable bonds is 4. The molecule has 0 radical (unpaired) electrons. The van der Waals surface area contributed by atoms with Gasteiger partial charge in [0.15, 0.2) is 0 Å². The SMILES string of the molecule is OCC1CCCN(c2ncc3c(n2)CC2CCC3N2Cc2cc(Cl)ccc2O)C1. The molecule has 2 N–H and O–H groups in total. The Bertz CT molecular complexity index is 908. The number of benzene rings is 1. The highest BCUT2D eigenvalue weighted by Gasteiger charge is 2.41. The number of fused-ring (bicyclic) bond motifs is 4. The van der Waals surface area contributed by atoms with Gasteiger partial charge in [-0.05, 0) is 49.8 Å². The molecule has 154 valence electrons. The summed E-state index contributed by atoms with van der Waals surface area (Å²) in [5.74, 6) is 1.43. The molecule has 0 aliphatic carbocycles. The number of phenols is 1. The van der Waals surface area contributed by atoms with Gasteiger partial charge in [-0.25, -0.2) is 9.97 Å². The molecule has 1 aromatic carbocycles. The summed E-state index contributed by atoms with van der Waals surface area (Å²) in [6.45, 7) is 2.72. The van der Waals surface area contributed by atoms with E-state index in [-0.39, 0.29) is 6.61 Å². The van der Waals surface area contributed by atoms with Crippen LogP contribution in [0.2, 0.25) is 5.02 Å². The first-order valence-electron chi connectivity index (χ1n) is 10.6. The number of nitrogens with zero attached hydrogens (tertiary/aromatic N) is 4. The third kappa shape index (κ3) is 3.58. The minimum atomic E-state index is 0.233. The van der Waals surface area contributed by atoms with E-state index in [1.165, 1.54) is 11.3 Å². The second-order valence-corrected chi connectivity index (χ2v) is 9.04. The van der Waals surface area contributed by atoms with Crippen LogP contribution in [0, 0.1) is 5.92 Å². The number of aromatic hydroxyl groups is 1. The van der Waals surface area contributed by atoms with Crippen molar-refractivity contribution in [2.75, 3.05) is 24.6 Å². The summed E-state index contributed by atoms with van der Waals surface area (Å²) < 4.78 is 0. The van der Waals surface area contributed by atoms with Crippen LogP contribution >= 0.6 is 11.6 Å². The van der Waals surface area contributed by atoms with Crippen LogP contribution in [0.5, 0.6) is 5.75 Å². The summed E-state index contributed by atoms with van der Waals surface area (Å²) in [7, 11) is 0. The van der Waals surface area contributed by atoms with Crippen LogP contribution in [0.15, 0.2) is 24.4 Å². The molecule has 3 aliphatic heterocycles. The number of halogens is 1. The highest BCUT2D eigenvalue weighted by atomic mass is 35.5. The standard InChI is InChI=1S/C22H27ClN4O2/c23-16-3-6-21(29)15(8-16)12-27-17-4-5-20(27)18-10-24-22(25-19(18)9-17)26-7-1-2-14(11-26)13-28/h3,6,8,10,14,17,20,28-29H,1-2,4-5,7,9,11-13H2. The van der Waals surface area contributed by atoms with Crippen molar-refractivity contribution in [1.29, 1.82) is 0 Å². The first-order chi connectivity index (χ1) is 14.1. The zero-order valence-corrected chi connectivity index (χ0v) is 17.2. The fourth-order valence-electron chi connectivity index (χ4n) is 5.24. The Labute approximate surface area is 176 Å². The maximum Gasteiger partial charge on any atom is 0.225 e. The van der Waals surface area contributed by atoms with Crippen molar-refractivity contribution >= 4 is 17.5 Å². The Morgan fingerprint density at radius 2 is 2.10 bits per heavy atom. The summed E-state index contributed by atoms with van der Waals surface area (Å²) in [6.07, 6.45) is 7.31. The molecule has 3 unspecified atom stereocenters. The lowest BCUT2D eigenvalue weighted by atomic mass is 9.98.